The van der Waals surface area contributed by atoms with E-state index in [4.69, 9.17) is 21.1 Å². The lowest BCUT2D eigenvalue weighted by atomic mass is 9.99. The smallest absolute Gasteiger partial charge is 0.119 e. The Morgan fingerprint density at radius 1 is 1.26 bits per heavy atom. The Morgan fingerprint density at radius 3 is 2.58 bits per heavy atom. The minimum atomic E-state index is 0.273. The third-order valence-corrected chi connectivity index (χ3v) is 4.25. The molecule has 2 atom stereocenters. The van der Waals surface area contributed by atoms with Crippen LogP contribution in [0.2, 0.25) is 0 Å². The molecule has 19 heavy (non-hydrogen) atoms. The van der Waals surface area contributed by atoms with Gasteiger partial charge in [0.05, 0.1) is 7.11 Å². The summed E-state index contributed by atoms with van der Waals surface area (Å²) < 4.78 is 10.8. The zero-order chi connectivity index (χ0) is 13.7. The van der Waals surface area contributed by atoms with E-state index in [-0.39, 0.29) is 5.38 Å². The molecule has 1 aliphatic heterocycles. The summed E-state index contributed by atoms with van der Waals surface area (Å²) in [4.78, 5) is 2.38. The Morgan fingerprint density at radius 2 is 1.95 bits per heavy atom. The van der Waals surface area contributed by atoms with E-state index in [2.05, 4.69) is 11.8 Å². The molecule has 1 fully saturated rings. The molecule has 0 saturated carbocycles. The van der Waals surface area contributed by atoms with Gasteiger partial charge in [-0.15, -0.1) is 11.6 Å². The van der Waals surface area contributed by atoms with Gasteiger partial charge in [0, 0.05) is 18.5 Å². The predicted molar refractivity (Wildman–Crippen MR) is 78.4 cm³/mol. The summed E-state index contributed by atoms with van der Waals surface area (Å²) in [5, 5.41) is 0.273. The second-order valence-corrected chi connectivity index (χ2v) is 5.67. The van der Waals surface area contributed by atoms with Gasteiger partial charge in [-0.1, -0.05) is 6.92 Å². The van der Waals surface area contributed by atoms with Crippen LogP contribution in [0.5, 0.6) is 11.5 Å². The summed E-state index contributed by atoms with van der Waals surface area (Å²) in [6, 6.07) is 7.68. The number of piperidine rings is 1. The summed E-state index contributed by atoms with van der Waals surface area (Å²) in [5.74, 6) is 2.36. The highest BCUT2D eigenvalue weighted by Gasteiger charge is 2.23. The minimum Gasteiger partial charge on any atom is -0.497 e. The van der Waals surface area contributed by atoms with Crippen LogP contribution in [-0.2, 0) is 0 Å². The number of benzene rings is 1. The summed E-state index contributed by atoms with van der Waals surface area (Å²) in [6.45, 7) is 5.94. The first kappa shape index (κ1) is 14.5. The van der Waals surface area contributed by atoms with Gasteiger partial charge in [0.2, 0.25) is 0 Å². The van der Waals surface area contributed by atoms with Crippen LogP contribution in [0.15, 0.2) is 24.3 Å². The molecule has 0 spiro atoms. The van der Waals surface area contributed by atoms with Crippen LogP contribution in [0.4, 0.5) is 0 Å². The topological polar surface area (TPSA) is 21.7 Å². The van der Waals surface area contributed by atoms with Crippen LogP contribution in [0, 0.1) is 5.92 Å². The lowest BCUT2D eigenvalue weighted by Crippen LogP contribution is -2.42. The Hall–Kier alpha value is -0.930. The molecule has 2 rings (SSSR count). The number of halogens is 1. The number of ether oxygens (including phenoxy) is 2. The fourth-order valence-electron chi connectivity index (χ4n) is 2.25. The first-order valence-corrected chi connectivity index (χ1v) is 7.26. The van der Waals surface area contributed by atoms with Crippen molar-refractivity contribution in [1.82, 2.24) is 4.90 Å². The molecule has 3 nitrogen and oxygen atoms in total. The van der Waals surface area contributed by atoms with Crippen LogP contribution >= 0.6 is 11.6 Å². The van der Waals surface area contributed by atoms with Gasteiger partial charge >= 0.3 is 0 Å². The van der Waals surface area contributed by atoms with Crippen molar-refractivity contribution in [2.45, 2.75) is 18.7 Å². The Bertz CT molecular complexity index is 382. The highest BCUT2D eigenvalue weighted by atomic mass is 35.5. The zero-order valence-corrected chi connectivity index (χ0v) is 12.4. The normalized spacial score (nSPS) is 24.2. The van der Waals surface area contributed by atoms with Crippen molar-refractivity contribution >= 4 is 11.6 Å². The maximum Gasteiger partial charge on any atom is 0.119 e. The van der Waals surface area contributed by atoms with Gasteiger partial charge in [0.25, 0.3) is 0 Å². The maximum absolute atomic E-state index is 6.29. The number of hydrogen-bond acceptors (Lipinski definition) is 3. The molecule has 106 valence electrons. The van der Waals surface area contributed by atoms with E-state index >= 15 is 0 Å². The molecule has 1 aromatic rings. The Labute approximate surface area is 120 Å². The molecule has 1 aromatic carbocycles. The highest BCUT2D eigenvalue weighted by Crippen LogP contribution is 2.21. The lowest BCUT2D eigenvalue weighted by Gasteiger charge is -2.33. The van der Waals surface area contributed by atoms with E-state index in [0.717, 1.165) is 31.1 Å². The molecular formula is C15H22ClNO2. The average Bonchev–Trinajstić information content (AvgIpc) is 2.43. The molecule has 0 aromatic heterocycles. The summed E-state index contributed by atoms with van der Waals surface area (Å²) >= 11 is 6.29. The largest absolute Gasteiger partial charge is 0.497 e. The number of rotatable bonds is 5. The molecule has 0 radical (unpaired) electrons. The van der Waals surface area contributed by atoms with Gasteiger partial charge in [-0.2, -0.15) is 0 Å². The number of hydrogen-bond donors (Lipinski definition) is 0. The van der Waals surface area contributed by atoms with Crippen molar-refractivity contribution in [3.05, 3.63) is 24.3 Å². The van der Waals surface area contributed by atoms with E-state index in [9.17, 15) is 0 Å². The number of nitrogens with zero attached hydrogens (tertiary/aromatic N) is 1. The van der Waals surface area contributed by atoms with E-state index in [0.29, 0.717) is 12.5 Å². The SMILES string of the molecule is COc1ccc(OCCN2CCC(C)C(Cl)C2)cc1. The van der Waals surface area contributed by atoms with Crippen molar-refractivity contribution in [2.75, 3.05) is 33.4 Å². The standard InChI is InChI=1S/C15H22ClNO2/c1-12-7-8-17(11-15(12)16)9-10-19-14-5-3-13(18-2)4-6-14/h3-6,12,15H,7-11H2,1-2H3. The molecule has 4 heteroatoms. The summed E-state index contributed by atoms with van der Waals surface area (Å²) in [7, 11) is 1.66. The van der Waals surface area contributed by atoms with Crippen molar-refractivity contribution in [2.24, 2.45) is 5.92 Å². The summed E-state index contributed by atoms with van der Waals surface area (Å²) in [5.41, 5.74) is 0. The fourth-order valence-corrected chi connectivity index (χ4v) is 2.57. The Balaban J connectivity index is 1.71. The van der Waals surface area contributed by atoms with Crippen LogP contribution in [0.25, 0.3) is 0 Å². The van der Waals surface area contributed by atoms with Crippen LogP contribution in [0.3, 0.4) is 0 Å². The fraction of sp³-hybridized carbons (Fsp3) is 0.600. The number of alkyl halides is 1. The van der Waals surface area contributed by atoms with E-state index in [1.54, 1.807) is 7.11 Å². The molecular weight excluding hydrogens is 262 g/mol. The first-order valence-electron chi connectivity index (χ1n) is 6.82. The molecule has 2 unspecified atom stereocenters. The second-order valence-electron chi connectivity index (χ2n) is 5.11. The average molecular weight is 284 g/mol. The highest BCUT2D eigenvalue weighted by molar-refractivity contribution is 6.21. The maximum atomic E-state index is 6.29. The van der Waals surface area contributed by atoms with Crippen molar-refractivity contribution in [3.63, 3.8) is 0 Å². The Kier molecular flexibility index (Phi) is 5.34. The molecule has 0 amide bonds. The number of likely N-dealkylation sites (tertiary alicyclic amines) is 1. The lowest BCUT2D eigenvalue weighted by molar-refractivity contribution is 0.163. The van der Waals surface area contributed by atoms with E-state index in [1.165, 1.54) is 6.42 Å². The molecule has 0 aliphatic carbocycles. The van der Waals surface area contributed by atoms with Crippen molar-refractivity contribution < 1.29 is 9.47 Å². The van der Waals surface area contributed by atoms with Gasteiger partial charge in [-0.3, -0.25) is 4.90 Å². The zero-order valence-electron chi connectivity index (χ0n) is 11.6. The molecule has 0 N–H and O–H groups in total. The van der Waals surface area contributed by atoms with Gasteiger partial charge in [0.1, 0.15) is 18.1 Å². The first-order chi connectivity index (χ1) is 9.19. The quantitative estimate of drug-likeness (QED) is 0.776. The third kappa shape index (κ3) is 4.29. The molecule has 1 aliphatic rings. The van der Waals surface area contributed by atoms with E-state index in [1.807, 2.05) is 24.3 Å². The van der Waals surface area contributed by atoms with Crippen molar-refractivity contribution in [1.29, 1.82) is 0 Å². The molecule has 1 heterocycles. The van der Waals surface area contributed by atoms with Crippen LogP contribution in [-0.4, -0.2) is 43.6 Å². The predicted octanol–water partition coefficient (Wildman–Crippen LogP) is 3.02. The third-order valence-electron chi connectivity index (χ3n) is 3.69. The monoisotopic (exact) mass is 283 g/mol. The van der Waals surface area contributed by atoms with Crippen LogP contribution < -0.4 is 9.47 Å². The van der Waals surface area contributed by atoms with Crippen LogP contribution in [0.1, 0.15) is 13.3 Å². The van der Waals surface area contributed by atoms with Gasteiger partial charge < -0.3 is 9.47 Å². The second kappa shape index (κ2) is 7.01. The summed E-state index contributed by atoms with van der Waals surface area (Å²) in [6.07, 6.45) is 1.18. The minimum absolute atomic E-state index is 0.273. The van der Waals surface area contributed by atoms with Gasteiger partial charge in [0.15, 0.2) is 0 Å². The number of methoxy groups -OCH3 is 1. The molecule has 0 bridgehead atoms. The van der Waals surface area contributed by atoms with Gasteiger partial charge in [-0.05, 0) is 43.1 Å². The van der Waals surface area contributed by atoms with Crippen molar-refractivity contribution in [3.8, 4) is 11.5 Å². The van der Waals surface area contributed by atoms with Gasteiger partial charge in [-0.25, -0.2) is 0 Å². The molecule has 1 saturated heterocycles. The van der Waals surface area contributed by atoms with E-state index < -0.39 is 0 Å².